The third-order valence-electron chi connectivity index (χ3n) is 9.41. The number of carbonyl (C=O) groups excluding carboxylic acids is 4. The van der Waals surface area contributed by atoms with E-state index in [0.29, 0.717) is 51.3 Å². The first-order valence-corrected chi connectivity index (χ1v) is 20.6. The summed E-state index contributed by atoms with van der Waals surface area (Å²) in [4.78, 5) is 49.3. The Bertz CT molecular complexity index is 2470. The summed E-state index contributed by atoms with van der Waals surface area (Å²) in [5.41, 5.74) is 0. The summed E-state index contributed by atoms with van der Waals surface area (Å²) in [7, 11) is -15.2. The van der Waals surface area contributed by atoms with Crippen LogP contribution in [0.3, 0.4) is 0 Å². The molecule has 0 saturated carbocycles. The van der Waals surface area contributed by atoms with Crippen molar-refractivity contribution in [1.82, 2.24) is 15.1 Å². The zero-order chi connectivity index (χ0) is 38.5. The van der Waals surface area contributed by atoms with E-state index in [0.717, 1.165) is 23.1 Å². The van der Waals surface area contributed by atoms with Crippen LogP contribution in [0.1, 0.15) is 32.1 Å². The van der Waals surface area contributed by atoms with Gasteiger partial charge in [-0.05, 0) is 44.2 Å². The predicted octanol–water partition coefficient (Wildman–Crippen LogP) is 2.15. The van der Waals surface area contributed by atoms with E-state index >= 15 is 0 Å². The molecule has 2 aliphatic rings. The maximum atomic E-state index is 13.2. The van der Waals surface area contributed by atoms with Crippen molar-refractivity contribution in [2.45, 2.75) is 46.8 Å². The van der Waals surface area contributed by atoms with Gasteiger partial charge in [0.2, 0.25) is 5.91 Å². The van der Waals surface area contributed by atoms with Gasteiger partial charge in [-0.2, -0.15) is 25.3 Å². The molecular weight excluding hydrogens is 759 g/mol. The fraction of sp³-hybridized carbons (Fsp3) is 0.333. The van der Waals surface area contributed by atoms with E-state index in [1.807, 2.05) is 0 Å². The van der Waals surface area contributed by atoms with Crippen molar-refractivity contribution < 1.29 is 62.8 Å². The van der Waals surface area contributed by atoms with E-state index in [1.165, 1.54) is 29.2 Å². The Morgan fingerprint density at radius 1 is 0.717 bits per heavy atom. The molecule has 20 heteroatoms. The zero-order valence-electron chi connectivity index (χ0n) is 27.7. The van der Waals surface area contributed by atoms with Gasteiger partial charge in [-0.15, -0.1) is 0 Å². The number of likely N-dealkylation sites (tertiary alicyclic amines) is 1. The van der Waals surface area contributed by atoms with Crippen LogP contribution in [0.4, 0.5) is 0 Å². The number of amides is 4. The largest absolute Gasteiger partial charge is 0.483 e. The Balaban J connectivity index is 1.15. The first kappa shape index (κ1) is 38.0. The molecule has 4 N–H and O–H groups in total. The Kier molecular flexibility index (Phi) is 10.2. The molecule has 4 aromatic carbocycles. The Morgan fingerprint density at radius 3 is 1.74 bits per heavy atom. The van der Waals surface area contributed by atoms with E-state index in [4.69, 9.17) is 4.74 Å². The standard InChI is InChI=1S/C33H33N3O14S3/c37-28-8-9-29(38)36(28)13-3-1-2-12-34-33(40)19-10-14-35(15-11-19)30(39)18-50-24-16-25(51(41,42)43)21-6-7-23-27(53(47,48)49)17-26(52(44,45)46)22-5-4-20(24)31(21)32(22)23/h4-9,16-17,19H,1-3,10-15,18H2,(H,34,40)(H,41,42,43)(H,44,45,46)(H,47,48,49). The van der Waals surface area contributed by atoms with Gasteiger partial charge in [0.15, 0.2) is 6.61 Å². The van der Waals surface area contributed by atoms with Gasteiger partial charge in [-0.25, -0.2) is 0 Å². The van der Waals surface area contributed by atoms with Gasteiger partial charge < -0.3 is 15.0 Å². The second-order valence-electron chi connectivity index (χ2n) is 12.7. The second-order valence-corrected chi connectivity index (χ2v) is 16.9. The van der Waals surface area contributed by atoms with E-state index in [-0.39, 0.29) is 74.8 Å². The highest BCUT2D eigenvalue weighted by atomic mass is 32.2. The average molecular weight is 792 g/mol. The minimum absolute atomic E-state index is 0.0890. The summed E-state index contributed by atoms with van der Waals surface area (Å²) in [6.07, 6.45) is 5.13. The number of hydrogen-bond acceptors (Lipinski definition) is 11. The third kappa shape index (κ3) is 7.69. The monoisotopic (exact) mass is 791 g/mol. The lowest BCUT2D eigenvalue weighted by atomic mass is 9.93. The molecule has 4 aromatic rings. The maximum Gasteiger partial charge on any atom is 0.295 e. The maximum absolute atomic E-state index is 13.2. The minimum Gasteiger partial charge on any atom is -0.483 e. The van der Waals surface area contributed by atoms with Crippen molar-refractivity contribution in [2.24, 2.45) is 5.92 Å². The van der Waals surface area contributed by atoms with Crippen LogP contribution in [0.5, 0.6) is 5.75 Å². The number of nitrogens with zero attached hydrogens (tertiary/aromatic N) is 2. The molecule has 0 bridgehead atoms. The van der Waals surface area contributed by atoms with Crippen LogP contribution in [0, 0.1) is 5.92 Å². The summed E-state index contributed by atoms with van der Waals surface area (Å²) in [5.74, 6) is -1.92. The van der Waals surface area contributed by atoms with Crippen molar-refractivity contribution in [3.05, 3.63) is 48.6 Å². The number of ether oxygens (including phenoxy) is 1. The zero-order valence-corrected chi connectivity index (χ0v) is 30.2. The summed E-state index contributed by atoms with van der Waals surface area (Å²) in [6, 6.07) is 6.35. The Hall–Kier alpha value is -4.73. The Labute approximate surface area is 303 Å². The van der Waals surface area contributed by atoms with E-state index in [1.54, 1.807) is 0 Å². The van der Waals surface area contributed by atoms with E-state index in [2.05, 4.69) is 5.32 Å². The van der Waals surface area contributed by atoms with Crippen LogP contribution in [0.25, 0.3) is 32.3 Å². The minimum atomic E-state index is -5.09. The van der Waals surface area contributed by atoms with Crippen molar-refractivity contribution in [1.29, 1.82) is 0 Å². The van der Waals surface area contributed by atoms with Crippen LogP contribution in [-0.4, -0.2) is 105 Å². The molecule has 282 valence electrons. The first-order chi connectivity index (χ1) is 24.9. The quantitative estimate of drug-likeness (QED) is 0.0655. The van der Waals surface area contributed by atoms with E-state index in [9.17, 15) is 58.1 Å². The summed E-state index contributed by atoms with van der Waals surface area (Å²) in [6.45, 7) is 0.548. The Morgan fingerprint density at radius 2 is 1.21 bits per heavy atom. The van der Waals surface area contributed by atoms with Gasteiger partial charge in [0, 0.05) is 82.6 Å². The molecule has 0 aromatic heterocycles. The van der Waals surface area contributed by atoms with Crippen molar-refractivity contribution in [3.8, 4) is 5.75 Å². The van der Waals surface area contributed by atoms with Crippen LogP contribution in [-0.2, 0) is 49.5 Å². The van der Waals surface area contributed by atoms with Gasteiger partial charge >= 0.3 is 0 Å². The van der Waals surface area contributed by atoms with Crippen LogP contribution in [0.2, 0.25) is 0 Å². The number of nitrogens with one attached hydrogen (secondary N) is 1. The molecule has 0 atom stereocenters. The highest BCUT2D eigenvalue weighted by Gasteiger charge is 2.30. The molecule has 1 fully saturated rings. The number of benzene rings is 4. The molecule has 0 spiro atoms. The number of unbranched alkanes of at least 4 members (excludes halogenated alkanes) is 2. The molecule has 0 aliphatic carbocycles. The number of piperidine rings is 1. The average Bonchev–Trinajstić information content (AvgIpc) is 3.41. The van der Waals surface area contributed by atoms with Crippen LogP contribution in [0.15, 0.2) is 63.2 Å². The number of rotatable bonds is 13. The van der Waals surface area contributed by atoms with Crippen molar-refractivity contribution in [2.75, 3.05) is 32.8 Å². The molecule has 6 rings (SSSR count). The van der Waals surface area contributed by atoms with Gasteiger partial charge in [-0.1, -0.05) is 18.2 Å². The molecule has 0 radical (unpaired) electrons. The fourth-order valence-corrected chi connectivity index (χ4v) is 9.03. The topological polar surface area (TPSA) is 259 Å². The number of carbonyl (C=O) groups is 4. The lowest BCUT2D eigenvalue weighted by Crippen LogP contribution is -2.44. The molecule has 53 heavy (non-hydrogen) atoms. The van der Waals surface area contributed by atoms with Gasteiger partial charge in [0.05, 0.1) is 0 Å². The molecule has 1 saturated heterocycles. The lowest BCUT2D eigenvalue weighted by Gasteiger charge is -2.31. The van der Waals surface area contributed by atoms with Crippen LogP contribution >= 0.6 is 0 Å². The molecule has 2 heterocycles. The summed E-state index contributed by atoms with van der Waals surface area (Å²) >= 11 is 0. The SMILES string of the molecule is O=C(NCCCCCN1C(=O)C=CC1=O)C1CCN(C(=O)COc2cc(S(=O)(=O)O)c3ccc4c(S(=O)(=O)O)cc(S(=O)(=O)O)c5ccc2c3c54)CC1. The second kappa shape index (κ2) is 14.3. The smallest absolute Gasteiger partial charge is 0.295 e. The summed E-state index contributed by atoms with van der Waals surface area (Å²) < 4.78 is 110. The molecule has 4 amide bonds. The number of imide groups is 1. The first-order valence-electron chi connectivity index (χ1n) is 16.3. The van der Waals surface area contributed by atoms with Crippen LogP contribution < -0.4 is 10.1 Å². The number of hydrogen-bond donors (Lipinski definition) is 4. The molecule has 0 unspecified atom stereocenters. The predicted molar refractivity (Wildman–Crippen MR) is 187 cm³/mol. The molecular formula is C33H33N3O14S3. The third-order valence-corrected chi connectivity index (χ3v) is 12.1. The lowest BCUT2D eigenvalue weighted by molar-refractivity contribution is -0.137. The van der Waals surface area contributed by atoms with Gasteiger partial charge in [0.25, 0.3) is 48.1 Å². The van der Waals surface area contributed by atoms with Crippen molar-refractivity contribution in [3.63, 3.8) is 0 Å². The highest BCUT2D eigenvalue weighted by molar-refractivity contribution is 7.87. The molecule has 17 nitrogen and oxygen atoms in total. The highest BCUT2D eigenvalue weighted by Crippen LogP contribution is 2.45. The van der Waals surface area contributed by atoms with Gasteiger partial charge in [-0.3, -0.25) is 37.7 Å². The fourth-order valence-electron chi connectivity index (χ4n) is 6.83. The van der Waals surface area contributed by atoms with Gasteiger partial charge in [0.1, 0.15) is 20.4 Å². The normalized spacial score (nSPS) is 16.1. The van der Waals surface area contributed by atoms with Crippen molar-refractivity contribution >= 4 is 86.3 Å². The van der Waals surface area contributed by atoms with E-state index < -0.39 is 57.6 Å². The summed E-state index contributed by atoms with van der Waals surface area (Å²) in [5, 5.41) is 2.09. The molecule has 2 aliphatic heterocycles.